The highest BCUT2D eigenvalue weighted by molar-refractivity contribution is 7.18. The van der Waals surface area contributed by atoms with Crippen LogP contribution in [0.4, 0.5) is 0 Å². The first-order chi connectivity index (χ1) is 13.5. The van der Waals surface area contributed by atoms with E-state index in [-0.39, 0.29) is 30.0 Å². The summed E-state index contributed by atoms with van der Waals surface area (Å²) < 4.78 is 12.2. The zero-order chi connectivity index (χ0) is 19.7. The molecule has 2 N–H and O–H groups in total. The van der Waals surface area contributed by atoms with Crippen molar-refractivity contribution in [1.29, 1.82) is 0 Å². The van der Waals surface area contributed by atoms with Crippen LogP contribution in [0, 0.1) is 12.8 Å². The summed E-state index contributed by atoms with van der Waals surface area (Å²) in [4.78, 5) is 34.3. The van der Waals surface area contributed by atoms with E-state index >= 15 is 0 Å². The fourth-order valence-electron chi connectivity index (χ4n) is 3.29. The van der Waals surface area contributed by atoms with E-state index in [1.807, 2.05) is 25.1 Å². The molecule has 28 heavy (non-hydrogen) atoms. The van der Waals surface area contributed by atoms with Crippen LogP contribution in [-0.2, 0) is 11.4 Å². The molecule has 1 unspecified atom stereocenters. The van der Waals surface area contributed by atoms with Crippen LogP contribution in [0.25, 0.3) is 10.2 Å². The molecule has 0 aliphatic carbocycles. The van der Waals surface area contributed by atoms with Crippen LogP contribution in [0.1, 0.15) is 34.2 Å². The van der Waals surface area contributed by atoms with Crippen LogP contribution in [0.3, 0.4) is 0 Å². The predicted molar refractivity (Wildman–Crippen MR) is 103 cm³/mol. The van der Waals surface area contributed by atoms with Gasteiger partial charge < -0.3 is 19.8 Å². The van der Waals surface area contributed by atoms with Crippen molar-refractivity contribution in [2.24, 2.45) is 11.7 Å². The molecule has 146 valence electrons. The first kappa shape index (κ1) is 18.4. The van der Waals surface area contributed by atoms with Gasteiger partial charge in [-0.3, -0.25) is 9.59 Å². The van der Waals surface area contributed by atoms with E-state index in [1.165, 1.54) is 6.26 Å². The molecule has 2 aromatic heterocycles. The molecule has 3 heterocycles. The number of hydrogen-bond donors (Lipinski definition) is 1. The number of carbonyl (C=O) groups excluding carboxylic acids is 2. The number of hydrogen-bond acceptors (Lipinski definition) is 7. The van der Waals surface area contributed by atoms with Crippen LogP contribution in [-0.4, -0.2) is 39.8 Å². The third-order valence-electron chi connectivity index (χ3n) is 4.71. The van der Waals surface area contributed by atoms with E-state index in [0.29, 0.717) is 31.2 Å². The zero-order valence-corrected chi connectivity index (χ0v) is 16.2. The van der Waals surface area contributed by atoms with Crippen molar-refractivity contribution in [3.8, 4) is 5.75 Å². The molecule has 0 saturated carbocycles. The molecule has 1 aliphatic heterocycles. The largest absolute Gasteiger partial charge is 0.484 e. The van der Waals surface area contributed by atoms with Crippen molar-refractivity contribution in [1.82, 2.24) is 14.9 Å². The van der Waals surface area contributed by atoms with Gasteiger partial charge in [0.05, 0.1) is 21.1 Å². The minimum atomic E-state index is -0.376. The van der Waals surface area contributed by atoms with Crippen molar-refractivity contribution >= 4 is 33.4 Å². The highest BCUT2D eigenvalue weighted by atomic mass is 32.1. The molecular weight excluding hydrogens is 380 g/mol. The third kappa shape index (κ3) is 3.84. The smallest absolute Gasteiger partial charge is 0.275 e. The molecule has 0 radical (unpaired) electrons. The number of primary amides is 1. The molecular formula is C19H20N4O4S. The van der Waals surface area contributed by atoms with Gasteiger partial charge in [0.15, 0.2) is 12.3 Å². The topological polar surface area (TPSA) is 112 Å². The van der Waals surface area contributed by atoms with E-state index in [0.717, 1.165) is 21.6 Å². The van der Waals surface area contributed by atoms with Gasteiger partial charge in [-0.15, -0.1) is 11.3 Å². The second kappa shape index (κ2) is 7.59. The van der Waals surface area contributed by atoms with Crippen molar-refractivity contribution in [2.45, 2.75) is 26.4 Å². The molecule has 3 aromatic rings. The summed E-state index contributed by atoms with van der Waals surface area (Å²) in [6.07, 6.45) is 2.77. The molecule has 9 heteroatoms. The zero-order valence-electron chi connectivity index (χ0n) is 15.4. The molecule has 1 fully saturated rings. The number of oxazole rings is 1. The number of fused-ring (bicyclic) bond motifs is 1. The molecule has 2 amide bonds. The molecule has 1 aliphatic rings. The van der Waals surface area contributed by atoms with Gasteiger partial charge >= 0.3 is 0 Å². The fourth-order valence-corrected chi connectivity index (χ4v) is 4.10. The summed E-state index contributed by atoms with van der Waals surface area (Å²) in [5.74, 6) is 0.0154. The third-order valence-corrected chi connectivity index (χ3v) is 5.66. The summed E-state index contributed by atoms with van der Waals surface area (Å²) in [5.41, 5.74) is 6.46. The van der Waals surface area contributed by atoms with Crippen LogP contribution in [0.2, 0.25) is 0 Å². The first-order valence-electron chi connectivity index (χ1n) is 9.02. The van der Waals surface area contributed by atoms with Crippen LogP contribution in [0.15, 0.2) is 28.9 Å². The van der Waals surface area contributed by atoms with Gasteiger partial charge in [0.25, 0.3) is 5.91 Å². The summed E-state index contributed by atoms with van der Waals surface area (Å²) in [7, 11) is 0. The molecule has 0 bridgehead atoms. The van der Waals surface area contributed by atoms with Gasteiger partial charge in [-0.1, -0.05) is 0 Å². The second-order valence-electron chi connectivity index (χ2n) is 6.77. The summed E-state index contributed by atoms with van der Waals surface area (Å²) in [6, 6.07) is 5.70. The Morgan fingerprint density at radius 2 is 2.25 bits per heavy atom. The summed E-state index contributed by atoms with van der Waals surface area (Å²) in [5, 5.41) is 0.999. The number of nitrogens with two attached hydrogens (primary N) is 1. The van der Waals surface area contributed by atoms with Gasteiger partial charge in [0.2, 0.25) is 11.8 Å². The molecule has 0 spiro atoms. The van der Waals surface area contributed by atoms with E-state index in [1.54, 1.807) is 16.2 Å². The number of carbonyl (C=O) groups is 2. The van der Waals surface area contributed by atoms with E-state index in [2.05, 4.69) is 9.97 Å². The lowest BCUT2D eigenvalue weighted by Gasteiger charge is -2.30. The number of ether oxygens (including phenoxy) is 1. The maximum atomic E-state index is 12.6. The lowest BCUT2D eigenvalue weighted by molar-refractivity contribution is -0.123. The molecule has 1 saturated heterocycles. The number of likely N-dealkylation sites (tertiary alicyclic amines) is 1. The number of benzene rings is 1. The Morgan fingerprint density at radius 1 is 1.39 bits per heavy atom. The number of nitrogens with zero attached hydrogens (tertiary/aromatic N) is 3. The second-order valence-corrected chi connectivity index (χ2v) is 8.01. The van der Waals surface area contributed by atoms with E-state index < -0.39 is 0 Å². The maximum Gasteiger partial charge on any atom is 0.275 e. The molecule has 1 aromatic carbocycles. The number of thiazole rings is 1. The van der Waals surface area contributed by atoms with E-state index in [9.17, 15) is 9.59 Å². The number of piperidine rings is 1. The standard InChI is InChI=1S/C19H20N4O4S/c1-11-21-14-7-13(4-5-16(14)28-11)26-10-17-22-15(9-27-17)19(25)23-6-2-3-12(8-23)18(20)24/h4-5,7,9,12H,2-3,6,8,10H2,1H3,(H2,20,24). The lowest BCUT2D eigenvalue weighted by Crippen LogP contribution is -2.44. The minimum absolute atomic E-state index is 0.103. The van der Waals surface area contributed by atoms with Crippen LogP contribution >= 0.6 is 11.3 Å². The Morgan fingerprint density at radius 3 is 3.07 bits per heavy atom. The van der Waals surface area contributed by atoms with Gasteiger partial charge in [0.1, 0.15) is 12.0 Å². The Labute approximate surface area is 165 Å². The quantitative estimate of drug-likeness (QED) is 0.704. The molecule has 1 atom stereocenters. The number of aryl methyl sites for hydroxylation is 1. The highest BCUT2D eigenvalue weighted by Gasteiger charge is 2.29. The number of aromatic nitrogens is 2. The Hall–Kier alpha value is -2.94. The van der Waals surface area contributed by atoms with Gasteiger partial charge in [-0.05, 0) is 31.9 Å². The average molecular weight is 400 g/mol. The van der Waals surface area contributed by atoms with Crippen molar-refractivity contribution in [3.63, 3.8) is 0 Å². The van der Waals surface area contributed by atoms with Crippen molar-refractivity contribution in [3.05, 3.63) is 41.1 Å². The Bertz CT molecular complexity index is 1030. The SMILES string of the molecule is Cc1nc2cc(OCc3nc(C(=O)N4CCCC(C(N)=O)C4)co3)ccc2s1. The number of amides is 2. The van der Waals surface area contributed by atoms with Gasteiger partial charge in [-0.2, -0.15) is 0 Å². The van der Waals surface area contributed by atoms with Crippen LogP contribution < -0.4 is 10.5 Å². The van der Waals surface area contributed by atoms with Crippen molar-refractivity contribution in [2.75, 3.05) is 13.1 Å². The normalized spacial score (nSPS) is 17.0. The molecule has 8 nitrogen and oxygen atoms in total. The summed E-state index contributed by atoms with van der Waals surface area (Å²) >= 11 is 1.63. The maximum absolute atomic E-state index is 12.6. The van der Waals surface area contributed by atoms with Crippen LogP contribution in [0.5, 0.6) is 5.75 Å². The number of rotatable bonds is 5. The van der Waals surface area contributed by atoms with Gasteiger partial charge in [0, 0.05) is 19.2 Å². The monoisotopic (exact) mass is 400 g/mol. The predicted octanol–water partition coefficient (Wildman–Crippen LogP) is 2.51. The Kier molecular flexibility index (Phi) is 4.99. The average Bonchev–Trinajstić information content (AvgIpc) is 3.31. The first-order valence-corrected chi connectivity index (χ1v) is 9.84. The summed E-state index contributed by atoms with van der Waals surface area (Å²) in [6.45, 7) is 2.96. The molecule has 4 rings (SSSR count). The fraction of sp³-hybridized carbons (Fsp3) is 0.368. The minimum Gasteiger partial charge on any atom is -0.484 e. The van der Waals surface area contributed by atoms with Gasteiger partial charge in [-0.25, -0.2) is 9.97 Å². The van der Waals surface area contributed by atoms with E-state index in [4.69, 9.17) is 14.9 Å². The Balaban J connectivity index is 1.39. The van der Waals surface area contributed by atoms with Crippen molar-refractivity contribution < 1.29 is 18.7 Å². The lowest BCUT2D eigenvalue weighted by atomic mass is 9.97. The highest BCUT2D eigenvalue weighted by Crippen LogP contribution is 2.26.